The van der Waals surface area contributed by atoms with Crippen LogP contribution in [0.3, 0.4) is 0 Å². The summed E-state index contributed by atoms with van der Waals surface area (Å²) in [5.74, 6) is 0.618. The summed E-state index contributed by atoms with van der Waals surface area (Å²) in [6.45, 7) is 5.40. The highest BCUT2D eigenvalue weighted by Gasteiger charge is 2.45. The summed E-state index contributed by atoms with van der Waals surface area (Å²) in [7, 11) is -3.94. The molecule has 0 spiro atoms. The van der Waals surface area contributed by atoms with Crippen molar-refractivity contribution in [3.8, 4) is 5.75 Å². The molecule has 4 heterocycles. The van der Waals surface area contributed by atoms with Gasteiger partial charge in [-0.2, -0.15) is 4.31 Å². The van der Waals surface area contributed by atoms with E-state index in [2.05, 4.69) is 10.2 Å². The molecule has 3 saturated heterocycles. The maximum atomic E-state index is 15.0. The van der Waals surface area contributed by atoms with Crippen LogP contribution < -0.4 is 15.0 Å². The molecular formula is C39H47Cl3N6O5S. The Labute approximate surface area is 334 Å². The molecule has 7 rings (SSSR count). The highest BCUT2D eigenvalue weighted by atomic mass is 35.5. The monoisotopic (exact) mass is 816 g/mol. The van der Waals surface area contributed by atoms with E-state index in [0.717, 1.165) is 62.7 Å². The van der Waals surface area contributed by atoms with Crippen LogP contribution in [0.25, 0.3) is 0 Å². The van der Waals surface area contributed by atoms with E-state index in [1.54, 1.807) is 44.4 Å². The average molecular weight is 818 g/mol. The highest BCUT2D eigenvalue weighted by Crippen LogP contribution is 2.47. The van der Waals surface area contributed by atoms with Gasteiger partial charge >= 0.3 is 6.03 Å². The SMILES string of the molecule is CCOc1cc(N2CCCCC2)c(S(=O)(=O)N2CCCCC2)cc1C1=N[C@@H](c2ccc(Cl)cc2)[C@@H](c2ccc(Cl)cc2)N1C(=O)N1CCNC(=O)CC1.Cl. The lowest BCUT2D eigenvalue weighted by molar-refractivity contribution is -0.120. The van der Waals surface area contributed by atoms with Crippen molar-refractivity contribution in [2.75, 3.05) is 57.3 Å². The Bertz CT molecular complexity index is 1950. The standard InChI is InChI=1S/C39H46Cl2N6O5S.ClH/c1-2-52-33-26-32(44-19-5-3-6-20-44)34(53(50,51)46-21-7-4-8-22-46)25-31(33)38-43-36(27-9-13-29(40)14-10-27)37(28-11-15-30(41)16-12-28)47(38)39(49)45-23-17-35(48)42-18-24-45;/h9-16,25-26,36-37H,2-8,17-24H2,1H3,(H,42,48);1H/t36-,37+;/m0./s1. The fourth-order valence-electron chi connectivity index (χ4n) is 7.80. The predicted octanol–water partition coefficient (Wildman–Crippen LogP) is 7.47. The number of aliphatic imine (C=N–C) groups is 1. The number of piperidine rings is 2. The van der Waals surface area contributed by atoms with Gasteiger partial charge in [-0.15, -0.1) is 12.4 Å². The normalized spacial score (nSPS) is 21.2. The number of amides is 3. The molecule has 3 aromatic carbocycles. The number of halogens is 3. The minimum absolute atomic E-state index is 0. The summed E-state index contributed by atoms with van der Waals surface area (Å²) in [6, 6.07) is 16.7. The van der Waals surface area contributed by atoms with Crippen molar-refractivity contribution < 1.29 is 22.7 Å². The second-order valence-electron chi connectivity index (χ2n) is 13.9. The highest BCUT2D eigenvalue weighted by molar-refractivity contribution is 7.89. The fourth-order valence-corrected chi connectivity index (χ4v) is 9.79. The van der Waals surface area contributed by atoms with Crippen molar-refractivity contribution in [3.63, 3.8) is 0 Å². The fraction of sp³-hybridized carbons (Fsp3) is 0.462. The van der Waals surface area contributed by atoms with E-state index in [-0.39, 0.29) is 42.2 Å². The summed E-state index contributed by atoms with van der Waals surface area (Å²) in [6.07, 6.45) is 5.76. The van der Waals surface area contributed by atoms with Crippen molar-refractivity contribution in [3.05, 3.63) is 87.4 Å². The Morgan fingerprint density at radius 2 is 1.46 bits per heavy atom. The Morgan fingerprint density at radius 3 is 2.09 bits per heavy atom. The van der Waals surface area contributed by atoms with Crippen LogP contribution in [0.4, 0.5) is 10.5 Å². The Hall–Kier alpha value is -3.55. The van der Waals surface area contributed by atoms with Gasteiger partial charge in [0.25, 0.3) is 0 Å². The second kappa shape index (κ2) is 17.5. The summed E-state index contributed by atoms with van der Waals surface area (Å²) in [5.41, 5.74) is 2.63. The maximum absolute atomic E-state index is 15.0. The molecule has 0 unspecified atom stereocenters. The lowest BCUT2D eigenvalue weighted by Gasteiger charge is -2.35. The molecule has 0 radical (unpaired) electrons. The summed E-state index contributed by atoms with van der Waals surface area (Å²) < 4.78 is 37.4. The largest absolute Gasteiger partial charge is 0.493 e. The van der Waals surface area contributed by atoms with E-state index in [1.807, 2.05) is 37.3 Å². The molecule has 4 aliphatic heterocycles. The van der Waals surface area contributed by atoms with Crippen LogP contribution >= 0.6 is 35.6 Å². The summed E-state index contributed by atoms with van der Waals surface area (Å²) in [5, 5.41) is 3.98. The van der Waals surface area contributed by atoms with Crippen LogP contribution in [0.5, 0.6) is 5.75 Å². The maximum Gasteiger partial charge on any atom is 0.326 e. The van der Waals surface area contributed by atoms with Crippen LogP contribution in [0.2, 0.25) is 10.0 Å². The zero-order valence-electron chi connectivity index (χ0n) is 30.4. The molecule has 0 aromatic heterocycles. The number of ether oxygens (including phenoxy) is 1. The number of urea groups is 1. The first-order chi connectivity index (χ1) is 25.7. The number of sulfonamides is 1. The van der Waals surface area contributed by atoms with Gasteiger partial charge in [0.15, 0.2) is 0 Å². The third kappa shape index (κ3) is 8.33. The first kappa shape index (κ1) is 40.1. The van der Waals surface area contributed by atoms with E-state index in [1.165, 1.54) is 0 Å². The average Bonchev–Trinajstić information content (AvgIpc) is 3.43. The van der Waals surface area contributed by atoms with Crippen LogP contribution in [0, 0.1) is 0 Å². The molecular weight excluding hydrogens is 771 g/mol. The van der Waals surface area contributed by atoms with Crippen LogP contribution in [-0.4, -0.2) is 92.7 Å². The third-order valence-electron chi connectivity index (χ3n) is 10.5. The van der Waals surface area contributed by atoms with Gasteiger partial charge < -0.3 is 19.9 Å². The third-order valence-corrected chi connectivity index (χ3v) is 12.9. The molecule has 2 atom stereocenters. The molecule has 3 fully saturated rings. The molecule has 3 amide bonds. The van der Waals surface area contributed by atoms with E-state index < -0.39 is 22.1 Å². The Balaban J connectivity index is 0.00000497. The van der Waals surface area contributed by atoms with Gasteiger partial charge in [-0.3, -0.25) is 14.7 Å². The van der Waals surface area contributed by atoms with Gasteiger partial charge in [-0.1, -0.05) is 53.9 Å². The smallest absolute Gasteiger partial charge is 0.326 e. The van der Waals surface area contributed by atoms with Gasteiger partial charge in [0.1, 0.15) is 22.5 Å². The van der Waals surface area contributed by atoms with Gasteiger partial charge in [0, 0.05) is 68.3 Å². The number of benzene rings is 3. The van der Waals surface area contributed by atoms with E-state index in [4.69, 9.17) is 32.9 Å². The molecule has 0 bridgehead atoms. The van der Waals surface area contributed by atoms with Gasteiger partial charge in [0.2, 0.25) is 15.9 Å². The molecule has 3 aromatic rings. The minimum atomic E-state index is -3.94. The molecule has 4 aliphatic rings. The zero-order valence-corrected chi connectivity index (χ0v) is 33.5. The Morgan fingerprint density at radius 1 is 0.852 bits per heavy atom. The molecule has 11 nitrogen and oxygen atoms in total. The Kier molecular flexibility index (Phi) is 13.0. The number of amidine groups is 1. The number of anilines is 1. The minimum Gasteiger partial charge on any atom is -0.493 e. The molecule has 0 saturated carbocycles. The number of hydrogen-bond acceptors (Lipinski definition) is 7. The van der Waals surface area contributed by atoms with Gasteiger partial charge in [0.05, 0.1) is 23.9 Å². The molecule has 1 N–H and O–H groups in total. The zero-order chi connectivity index (χ0) is 37.1. The lowest BCUT2D eigenvalue weighted by Crippen LogP contribution is -2.47. The van der Waals surface area contributed by atoms with E-state index in [9.17, 15) is 13.2 Å². The quantitative estimate of drug-likeness (QED) is 0.253. The summed E-state index contributed by atoms with van der Waals surface area (Å²) in [4.78, 5) is 38.4. The number of carbonyl (C=O) groups is 2. The molecule has 15 heteroatoms. The van der Waals surface area contributed by atoms with E-state index in [0.29, 0.717) is 65.7 Å². The van der Waals surface area contributed by atoms with E-state index >= 15 is 4.79 Å². The molecule has 54 heavy (non-hydrogen) atoms. The number of nitrogens with zero attached hydrogens (tertiary/aromatic N) is 5. The number of nitrogens with one attached hydrogen (secondary N) is 1. The number of carbonyl (C=O) groups excluding carboxylic acids is 2. The van der Waals surface area contributed by atoms with Gasteiger partial charge in [-0.05, 0) is 80.5 Å². The summed E-state index contributed by atoms with van der Waals surface area (Å²) >= 11 is 12.7. The van der Waals surface area contributed by atoms with Crippen molar-refractivity contribution in [2.24, 2.45) is 4.99 Å². The predicted molar refractivity (Wildman–Crippen MR) is 215 cm³/mol. The second-order valence-corrected chi connectivity index (χ2v) is 16.7. The van der Waals surface area contributed by atoms with Crippen molar-refractivity contribution in [1.29, 1.82) is 0 Å². The van der Waals surface area contributed by atoms with Crippen LogP contribution in [0.15, 0.2) is 70.6 Å². The number of hydrogen-bond donors (Lipinski definition) is 1. The van der Waals surface area contributed by atoms with Crippen LogP contribution in [0.1, 0.15) is 80.6 Å². The van der Waals surface area contributed by atoms with Crippen molar-refractivity contribution in [1.82, 2.24) is 19.4 Å². The molecule has 290 valence electrons. The first-order valence-electron chi connectivity index (χ1n) is 18.7. The lowest BCUT2D eigenvalue weighted by atomic mass is 9.93. The topological polar surface area (TPSA) is 115 Å². The van der Waals surface area contributed by atoms with Crippen molar-refractivity contribution in [2.45, 2.75) is 68.8 Å². The van der Waals surface area contributed by atoms with Crippen LogP contribution in [-0.2, 0) is 14.8 Å². The molecule has 0 aliphatic carbocycles. The van der Waals surface area contributed by atoms with Crippen molar-refractivity contribution >= 4 is 69.1 Å². The number of rotatable bonds is 8. The van der Waals surface area contributed by atoms with Gasteiger partial charge in [-0.25, -0.2) is 13.2 Å². The first-order valence-corrected chi connectivity index (χ1v) is 20.8.